The molecule has 254 valence electrons. The van der Waals surface area contributed by atoms with Crippen LogP contribution in [0.5, 0.6) is 5.75 Å². The molecule has 2 heterocycles. The lowest BCUT2D eigenvalue weighted by atomic mass is 9.85. The zero-order valence-electron chi connectivity index (χ0n) is 28.5. The average Bonchev–Trinajstić information content (AvgIpc) is 3.54. The molecule has 1 unspecified atom stereocenters. The minimum Gasteiger partial charge on any atom is -0.494 e. The van der Waals surface area contributed by atoms with Crippen molar-refractivity contribution < 1.29 is 19.1 Å². The highest BCUT2D eigenvalue weighted by Crippen LogP contribution is 2.35. The molecular weight excluding hydrogens is 620 g/mol. The fourth-order valence-corrected chi connectivity index (χ4v) is 6.02. The molecule has 0 bridgehead atoms. The molecule has 47 heavy (non-hydrogen) atoms. The van der Waals surface area contributed by atoms with E-state index in [1.165, 1.54) is 13.4 Å². The Morgan fingerprint density at radius 2 is 1.85 bits per heavy atom. The third kappa shape index (κ3) is 8.05. The fourth-order valence-electron chi connectivity index (χ4n) is 5.72. The van der Waals surface area contributed by atoms with Crippen molar-refractivity contribution in [3.05, 3.63) is 41.7 Å². The van der Waals surface area contributed by atoms with Crippen molar-refractivity contribution in [3.63, 3.8) is 0 Å². The quantitative estimate of drug-likeness (QED) is 0.211. The lowest BCUT2D eigenvalue weighted by Crippen LogP contribution is -2.59. The lowest BCUT2D eigenvalue weighted by Gasteiger charge is -2.36. The number of benzene rings is 2. The van der Waals surface area contributed by atoms with E-state index in [1.54, 1.807) is 31.0 Å². The van der Waals surface area contributed by atoms with Gasteiger partial charge in [-0.15, -0.1) is 0 Å². The first-order valence-corrected chi connectivity index (χ1v) is 16.4. The molecule has 1 aromatic heterocycles. The van der Waals surface area contributed by atoms with E-state index < -0.39 is 23.5 Å². The predicted octanol–water partition coefficient (Wildman–Crippen LogP) is 4.95. The molecule has 12 nitrogen and oxygen atoms in total. The summed E-state index contributed by atoms with van der Waals surface area (Å²) in [6.45, 7) is 13.7. The van der Waals surface area contributed by atoms with Crippen LogP contribution in [0.25, 0.3) is 10.9 Å². The molecule has 3 amide bonds. The summed E-state index contributed by atoms with van der Waals surface area (Å²) in [5, 5.41) is 13.4. The Balaban J connectivity index is 1.60. The summed E-state index contributed by atoms with van der Waals surface area (Å²) in [4.78, 5) is 53.1. The summed E-state index contributed by atoms with van der Waals surface area (Å²) in [7, 11) is 3.20. The second-order valence-electron chi connectivity index (χ2n) is 12.8. The molecule has 0 radical (unpaired) electrons. The van der Waals surface area contributed by atoms with Gasteiger partial charge in [-0.05, 0) is 70.3 Å². The zero-order valence-corrected chi connectivity index (χ0v) is 29.3. The Morgan fingerprint density at radius 3 is 2.47 bits per heavy atom. The first kappa shape index (κ1) is 35.7. The van der Waals surface area contributed by atoms with Gasteiger partial charge in [0.2, 0.25) is 17.7 Å². The Kier molecular flexibility index (Phi) is 11.5. The van der Waals surface area contributed by atoms with Gasteiger partial charge in [0.25, 0.3) is 0 Å². The van der Waals surface area contributed by atoms with E-state index in [2.05, 4.69) is 50.0 Å². The predicted molar refractivity (Wildman–Crippen MR) is 188 cm³/mol. The maximum Gasteiger partial charge on any atom is 0.247 e. The van der Waals surface area contributed by atoms with Gasteiger partial charge in [0.1, 0.15) is 30.0 Å². The van der Waals surface area contributed by atoms with Gasteiger partial charge in [-0.1, -0.05) is 32.4 Å². The fraction of sp³-hybridized carbons (Fsp3) is 0.500. The molecule has 3 atom stereocenters. The molecule has 3 aromatic rings. The van der Waals surface area contributed by atoms with Crippen LogP contribution in [0.3, 0.4) is 0 Å². The van der Waals surface area contributed by atoms with Crippen LogP contribution < -0.4 is 30.9 Å². The number of halogens is 1. The highest BCUT2D eigenvalue weighted by atomic mass is 35.5. The van der Waals surface area contributed by atoms with Gasteiger partial charge in [-0.2, -0.15) is 0 Å². The summed E-state index contributed by atoms with van der Waals surface area (Å²) in [5.74, 6) is 0.0237. The maximum atomic E-state index is 13.9. The standard InChI is InChI=1S/C34H47ClN8O4/c1-9-42(10-2)26-14-13-21(16-23(26)35)39-30-22-17-25(28(47-8)18-24(22)37-19-38-30)40-32(45)27-12-11-15-43(27)33(46)29(34(4,5)6)41-31(44)20(3)36-7/h13-14,16-20,27,29,36H,9-12,15H2,1-8H3,(H,40,45)(H,41,44)(H,37,38,39)/t20-,27?,29+/m0/s1. The van der Waals surface area contributed by atoms with E-state index in [-0.39, 0.29) is 17.7 Å². The molecule has 1 fully saturated rings. The van der Waals surface area contributed by atoms with Crippen molar-refractivity contribution in [2.24, 2.45) is 5.41 Å². The van der Waals surface area contributed by atoms with Crippen LogP contribution in [0.1, 0.15) is 54.4 Å². The number of carbonyl (C=O) groups is 3. The molecule has 1 saturated heterocycles. The van der Waals surface area contributed by atoms with Gasteiger partial charge in [-0.25, -0.2) is 9.97 Å². The van der Waals surface area contributed by atoms with Gasteiger partial charge >= 0.3 is 0 Å². The summed E-state index contributed by atoms with van der Waals surface area (Å²) < 4.78 is 5.63. The second kappa shape index (κ2) is 15.2. The van der Waals surface area contributed by atoms with Crippen LogP contribution in [-0.4, -0.2) is 84.5 Å². The number of carbonyl (C=O) groups excluding carboxylic acids is 3. The zero-order chi connectivity index (χ0) is 34.5. The van der Waals surface area contributed by atoms with Gasteiger partial charge in [-0.3, -0.25) is 14.4 Å². The largest absolute Gasteiger partial charge is 0.494 e. The Bertz CT molecular complexity index is 1610. The molecule has 4 rings (SSSR count). The molecule has 1 aliphatic rings. The van der Waals surface area contributed by atoms with Gasteiger partial charge in [0.15, 0.2) is 0 Å². The van der Waals surface area contributed by atoms with Crippen LogP contribution in [0, 0.1) is 5.41 Å². The minimum absolute atomic E-state index is 0.282. The SMILES string of the molecule is CCN(CC)c1ccc(Nc2ncnc3cc(OC)c(NC(=O)C4CCCN4C(=O)[C@@H](NC(=O)[C@H](C)NC)C(C)(C)C)cc23)cc1Cl. The van der Waals surface area contributed by atoms with Crippen LogP contribution in [0.4, 0.5) is 22.9 Å². The van der Waals surface area contributed by atoms with Gasteiger partial charge in [0.05, 0.1) is 35.1 Å². The van der Waals surface area contributed by atoms with E-state index in [4.69, 9.17) is 16.3 Å². The number of aromatic nitrogens is 2. The lowest BCUT2D eigenvalue weighted by molar-refractivity contribution is -0.143. The third-order valence-corrected chi connectivity index (χ3v) is 8.90. The molecule has 0 aliphatic carbocycles. The number of likely N-dealkylation sites (N-methyl/N-ethyl adjacent to an activating group) is 1. The smallest absolute Gasteiger partial charge is 0.247 e. The van der Waals surface area contributed by atoms with Crippen LogP contribution in [-0.2, 0) is 14.4 Å². The van der Waals surface area contributed by atoms with E-state index >= 15 is 0 Å². The van der Waals surface area contributed by atoms with Crippen LogP contribution in [0.2, 0.25) is 5.02 Å². The minimum atomic E-state index is -0.810. The van der Waals surface area contributed by atoms with Crippen LogP contribution >= 0.6 is 11.6 Å². The maximum absolute atomic E-state index is 13.9. The van der Waals surface area contributed by atoms with Gasteiger partial charge in [0, 0.05) is 36.8 Å². The number of likely N-dealkylation sites (tertiary alicyclic amines) is 1. The van der Waals surface area contributed by atoms with Crippen molar-refractivity contribution in [1.29, 1.82) is 0 Å². The van der Waals surface area contributed by atoms with Crippen molar-refractivity contribution in [1.82, 2.24) is 25.5 Å². The molecule has 1 aliphatic heterocycles. The molecular formula is C34H47ClN8O4. The number of nitrogens with zero attached hydrogens (tertiary/aromatic N) is 4. The Morgan fingerprint density at radius 1 is 1.13 bits per heavy atom. The first-order chi connectivity index (χ1) is 22.3. The van der Waals surface area contributed by atoms with E-state index in [1.807, 2.05) is 39.0 Å². The first-order valence-electron chi connectivity index (χ1n) is 16.1. The Hall–Kier alpha value is -4.16. The van der Waals surface area contributed by atoms with E-state index in [9.17, 15) is 14.4 Å². The number of hydrogen-bond donors (Lipinski definition) is 4. The highest BCUT2D eigenvalue weighted by Gasteiger charge is 2.42. The summed E-state index contributed by atoms with van der Waals surface area (Å²) in [6, 6.07) is 7.27. The monoisotopic (exact) mass is 666 g/mol. The number of nitrogens with one attached hydrogen (secondary N) is 4. The Labute approximate surface area is 282 Å². The van der Waals surface area contributed by atoms with Crippen LogP contribution in [0.15, 0.2) is 36.7 Å². The third-order valence-electron chi connectivity index (χ3n) is 8.59. The molecule has 2 aromatic carbocycles. The molecule has 4 N–H and O–H groups in total. The average molecular weight is 667 g/mol. The number of amides is 3. The summed E-state index contributed by atoms with van der Waals surface area (Å²) in [6.07, 6.45) is 2.61. The number of anilines is 4. The number of methoxy groups -OCH3 is 1. The normalized spacial score (nSPS) is 16.0. The topological polar surface area (TPSA) is 141 Å². The van der Waals surface area contributed by atoms with E-state index in [0.717, 1.165) is 24.5 Å². The van der Waals surface area contributed by atoms with Crippen molar-refractivity contribution in [2.75, 3.05) is 49.3 Å². The molecule has 0 spiro atoms. The molecule has 0 saturated carbocycles. The second-order valence-corrected chi connectivity index (χ2v) is 13.2. The number of hydrogen-bond acceptors (Lipinski definition) is 9. The van der Waals surface area contributed by atoms with Crippen molar-refractivity contribution >= 4 is 63.1 Å². The number of fused-ring (bicyclic) bond motifs is 1. The van der Waals surface area contributed by atoms with Gasteiger partial charge < -0.3 is 35.8 Å². The summed E-state index contributed by atoms with van der Waals surface area (Å²) in [5.41, 5.74) is 2.15. The molecule has 13 heteroatoms. The van der Waals surface area contributed by atoms with E-state index in [0.29, 0.717) is 52.6 Å². The summed E-state index contributed by atoms with van der Waals surface area (Å²) >= 11 is 6.64. The highest BCUT2D eigenvalue weighted by molar-refractivity contribution is 6.33. The van der Waals surface area contributed by atoms with Crippen molar-refractivity contribution in [3.8, 4) is 5.75 Å². The number of ether oxygens (including phenoxy) is 1. The van der Waals surface area contributed by atoms with Crippen molar-refractivity contribution in [2.45, 2.75) is 72.5 Å². The number of rotatable bonds is 12.